The van der Waals surface area contributed by atoms with Gasteiger partial charge >= 0.3 is 0 Å². The van der Waals surface area contributed by atoms with Gasteiger partial charge in [-0.3, -0.25) is 4.90 Å². The molecule has 0 radical (unpaired) electrons. The number of nitrogens with one attached hydrogen (secondary N) is 1. The van der Waals surface area contributed by atoms with E-state index in [4.69, 9.17) is 9.47 Å². The second kappa shape index (κ2) is 5.02. The molecule has 3 aliphatic heterocycles. The molecule has 3 heterocycles. The van der Waals surface area contributed by atoms with Crippen molar-refractivity contribution in [2.45, 2.75) is 24.5 Å². The summed E-state index contributed by atoms with van der Waals surface area (Å²) in [6, 6.07) is 9.04. The van der Waals surface area contributed by atoms with E-state index in [0.717, 1.165) is 58.0 Å². The molecule has 0 saturated carbocycles. The van der Waals surface area contributed by atoms with E-state index in [1.54, 1.807) is 0 Å². The summed E-state index contributed by atoms with van der Waals surface area (Å²) in [5, 5.41) is 3.47. The maximum absolute atomic E-state index is 6.38. The van der Waals surface area contributed by atoms with Crippen LogP contribution in [-0.2, 0) is 4.74 Å². The van der Waals surface area contributed by atoms with E-state index in [1.807, 2.05) is 0 Å². The van der Waals surface area contributed by atoms with Gasteiger partial charge in [0.15, 0.2) is 0 Å². The first-order valence-electron chi connectivity index (χ1n) is 7.67. The third kappa shape index (κ3) is 2.12. The predicted octanol–water partition coefficient (Wildman–Crippen LogP) is 1.57. The standard InChI is InChI=1S/C16H22N2O2/c1-2-4-15-13(3-1)14(18-7-9-19-10-8-18)11-16(20-15)5-6-17-12-16/h1-4,14,17H,5-12H2. The van der Waals surface area contributed by atoms with Crippen molar-refractivity contribution in [1.29, 1.82) is 0 Å². The number of morpholine rings is 1. The van der Waals surface area contributed by atoms with Gasteiger partial charge in [0, 0.05) is 44.1 Å². The number of benzene rings is 1. The van der Waals surface area contributed by atoms with Gasteiger partial charge in [-0.25, -0.2) is 0 Å². The first-order valence-corrected chi connectivity index (χ1v) is 7.67. The lowest BCUT2D eigenvalue weighted by molar-refractivity contribution is -0.0258. The van der Waals surface area contributed by atoms with E-state index in [9.17, 15) is 0 Å². The highest BCUT2D eigenvalue weighted by atomic mass is 16.5. The summed E-state index contributed by atoms with van der Waals surface area (Å²) < 4.78 is 11.9. The van der Waals surface area contributed by atoms with Crippen LogP contribution in [-0.4, -0.2) is 49.9 Å². The smallest absolute Gasteiger partial charge is 0.125 e. The Kier molecular flexibility index (Phi) is 3.17. The van der Waals surface area contributed by atoms with Gasteiger partial charge in [0.05, 0.1) is 13.2 Å². The molecule has 0 aliphatic carbocycles. The zero-order valence-corrected chi connectivity index (χ0v) is 11.8. The van der Waals surface area contributed by atoms with Gasteiger partial charge in [-0.2, -0.15) is 0 Å². The van der Waals surface area contributed by atoms with Gasteiger partial charge in [-0.15, -0.1) is 0 Å². The highest BCUT2D eigenvalue weighted by Gasteiger charge is 2.44. The molecule has 0 bridgehead atoms. The van der Waals surface area contributed by atoms with Crippen LogP contribution in [0.2, 0.25) is 0 Å². The second-order valence-electron chi connectivity index (χ2n) is 6.12. The monoisotopic (exact) mass is 274 g/mol. The van der Waals surface area contributed by atoms with Crippen LogP contribution in [0, 0.1) is 0 Å². The van der Waals surface area contributed by atoms with Crippen molar-refractivity contribution in [2.24, 2.45) is 0 Å². The van der Waals surface area contributed by atoms with Gasteiger partial charge in [-0.05, 0) is 12.6 Å². The van der Waals surface area contributed by atoms with Gasteiger partial charge in [0.1, 0.15) is 11.4 Å². The Hall–Kier alpha value is -1.10. The minimum atomic E-state index is -0.00265. The van der Waals surface area contributed by atoms with Crippen LogP contribution in [0.4, 0.5) is 0 Å². The molecule has 2 unspecified atom stereocenters. The third-order valence-electron chi connectivity index (χ3n) is 4.86. The minimum absolute atomic E-state index is 0.00265. The molecule has 1 spiro atoms. The molecule has 0 amide bonds. The van der Waals surface area contributed by atoms with Crippen molar-refractivity contribution < 1.29 is 9.47 Å². The van der Waals surface area contributed by atoms with E-state index in [-0.39, 0.29) is 5.60 Å². The van der Waals surface area contributed by atoms with E-state index >= 15 is 0 Å². The number of nitrogens with zero attached hydrogens (tertiary/aromatic N) is 1. The lowest BCUT2D eigenvalue weighted by Gasteiger charge is -2.44. The number of fused-ring (bicyclic) bond motifs is 1. The zero-order valence-electron chi connectivity index (χ0n) is 11.8. The first kappa shape index (κ1) is 12.6. The molecular formula is C16H22N2O2. The Morgan fingerprint density at radius 1 is 1.20 bits per heavy atom. The predicted molar refractivity (Wildman–Crippen MR) is 77.0 cm³/mol. The van der Waals surface area contributed by atoms with Crippen molar-refractivity contribution in [3.63, 3.8) is 0 Å². The normalized spacial score (nSPS) is 33.9. The molecule has 108 valence electrons. The van der Waals surface area contributed by atoms with E-state index in [2.05, 4.69) is 34.5 Å². The molecule has 0 aromatic heterocycles. The van der Waals surface area contributed by atoms with Crippen LogP contribution in [0.1, 0.15) is 24.4 Å². The lowest BCUT2D eigenvalue weighted by atomic mass is 9.85. The molecule has 4 rings (SSSR count). The molecule has 1 aromatic rings. The summed E-state index contributed by atoms with van der Waals surface area (Å²) in [7, 11) is 0. The summed E-state index contributed by atoms with van der Waals surface area (Å²) in [5.74, 6) is 1.08. The molecule has 2 fully saturated rings. The Morgan fingerprint density at radius 3 is 2.85 bits per heavy atom. The molecule has 4 nitrogen and oxygen atoms in total. The Bertz CT molecular complexity index is 479. The molecular weight excluding hydrogens is 252 g/mol. The average molecular weight is 274 g/mol. The minimum Gasteiger partial charge on any atom is -0.485 e. The third-order valence-corrected chi connectivity index (χ3v) is 4.86. The fraction of sp³-hybridized carbons (Fsp3) is 0.625. The van der Waals surface area contributed by atoms with Gasteiger partial charge in [0.25, 0.3) is 0 Å². The molecule has 20 heavy (non-hydrogen) atoms. The van der Waals surface area contributed by atoms with Crippen molar-refractivity contribution in [1.82, 2.24) is 10.2 Å². The first-order chi connectivity index (χ1) is 9.86. The van der Waals surface area contributed by atoms with Crippen LogP contribution >= 0.6 is 0 Å². The average Bonchev–Trinajstić information content (AvgIpc) is 2.95. The van der Waals surface area contributed by atoms with E-state index in [1.165, 1.54) is 5.56 Å². The van der Waals surface area contributed by atoms with Crippen molar-refractivity contribution in [3.05, 3.63) is 29.8 Å². The Morgan fingerprint density at radius 2 is 2.05 bits per heavy atom. The highest BCUT2D eigenvalue weighted by Crippen LogP contribution is 2.44. The van der Waals surface area contributed by atoms with Crippen molar-refractivity contribution >= 4 is 0 Å². The Labute approximate surface area is 120 Å². The summed E-state index contributed by atoms with van der Waals surface area (Å²) in [5.41, 5.74) is 1.35. The number of para-hydroxylation sites is 1. The summed E-state index contributed by atoms with van der Waals surface area (Å²) in [4.78, 5) is 2.57. The quantitative estimate of drug-likeness (QED) is 0.843. The number of rotatable bonds is 1. The molecule has 3 aliphatic rings. The second-order valence-corrected chi connectivity index (χ2v) is 6.12. The van der Waals surface area contributed by atoms with Gasteiger partial charge < -0.3 is 14.8 Å². The number of ether oxygens (including phenoxy) is 2. The van der Waals surface area contributed by atoms with E-state index in [0.29, 0.717) is 6.04 Å². The summed E-state index contributed by atoms with van der Waals surface area (Å²) >= 11 is 0. The Balaban J connectivity index is 1.68. The maximum Gasteiger partial charge on any atom is 0.125 e. The highest BCUT2D eigenvalue weighted by molar-refractivity contribution is 5.39. The van der Waals surface area contributed by atoms with Gasteiger partial charge in [-0.1, -0.05) is 18.2 Å². The van der Waals surface area contributed by atoms with Crippen LogP contribution in [0.25, 0.3) is 0 Å². The topological polar surface area (TPSA) is 33.7 Å². The van der Waals surface area contributed by atoms with Crippen molar-refractivity contribution in [2.75, 3.05) is 39.4 Å². The molecule has 2 saturated heterocycles. The van der Waals surface area contributed by atoms with E-state index < -0.39 is 0 Å². The lowest BCUT2D eigenvalue weighted by Crippen LogP contribution is -2.49. The summed E-state index contributed by atoms with van der Waals surface area (Å²) in [6.45, 7) is 5.81. The maximum atomic E-state index is 6.38. The number of hydrogen-bond acceptors (Lipinski definition) is 4. The fourth-order valence-corrected chi connectivity index (χ4v) is 3.78. The van der Waals surface area contributed by atoms with Crippen LogP contribution in [0.3, 0.4) is 0 Å². The van der Waals surface area contributed by atoms with Crippen molar-refractivity contribution in [3.8, 4) is 5.75 Å². The fourth-order valence-electron chi connectivity index (χ4n) is 3.78. The summed E-state index contributed by atoms with van der Waals surface area (Å²) in [6.07, 6.45) is 2.21. The molecule has 2 atom stereocenters. The number of hydrogen-bond donors (Lipinski definition) is 1. The molecule has 4 heteroatoms. The molecule has 1 aromatic carbocycles. The zero-order chi connectivity index (χ0) is 13.4. The SMILES string of the molecule is c1ccc2c(c1)OC1(CCNC1)CC2N1CCOCC1. The van der Waals surface area contributed by atoms with Crippen LogP contribution in [0.15, 0.2) is 24.3 Å². The van der Waals surface area contributed by atoms with Crippen LogP contribution < -0.4 is 10.1 Å². The van der Waals surface area contributed by atoms with Crippen LogP contribution in [0.5, 0.6) is 5.75 Å². The largest absolute Gasteiger partial charge is 0.485 e. The molecule has 1 N–H and O–H groups in total. The van der Waals surface area contributed by atoms with Gasteiger partial charge in [0.2, 0.25) is 0 Å².